The number of nitrogens with zero attached hydrogens (tertiary/aromatic N) is 5. The molecule has 0 N–H and O–H groups in total. The molecule has 1 aliphatic heterocycles. The van der Waals surface area contributed by atoms with Crippen LogP contribution in [0.15, 0.2) is 55.1 Å². The van der Waals surface area contributed by atoms with Crippen molar-refractivity contribution in [2.24, 2.45) is 0 Å². The van der Waals surface area contributed by atoms with E-state index < -0.39 is 0 Å². The third kappa shape index (κ3) is 3.60. The topological polar surface area (TPSA) is 56.1 Å². The summed E-state index contributed by atoms with van der Waals surface area (Å²) in [6.07, 6.45) is 9.67. The van der Waals surface area contributed by atoms with Crippen LogP contribution in [-0.4, -0.2) is 31.0 Å². The van der Waals surface area contributed by atoms with Crippen molar-refractivity contribution in [1.29, 1.82) is 0 Å². The van der Waals surface area contributed by atoms with Crippen LogP contribution in [0.4, 0.5) is 0 Å². The number of hydrogen-bond donors (Lipinski definition) is 0. The van der Waals surface area contributed by atoms with Crippen LogP contribution < -0.4 is 4.74 Å². The van der Waals surface area contributed by atoms with Crippen molar-refractivity contribution >= 4 is 0 Å². The molecule has 1 atom stereocenters. The van der Waals surface area contributed by atoms with Gasteiger partial charge in [0.05, 0.1) is 30.7 Å². The zero-order chi connectivity index (χ0) is 17.8. The zero-order valence-electron chi connectivity index (χ0n) is 15.0. The summed E-state index contributed by atoms with van der Waals surface area (Å²) in [6, 6.07) is 9.94. The number of rotatable bonds is 6. The Labute approximate surface area is 153 Å². The Kier molecular flexibility index (Phi) is 4.93. The zero-order valence-corrected chi connectivity index (χ0v) is 15.0. The maximum absolute atomic E-state index is 5.85. The quantitative estimate of drug-likeness (QED) is 0.677. The summed E-state index contributed by atoms with van der Waals surface area (Å²) in [6.45, 7) is 4.96. The lowest BCUT2D eigenvalue weighted by molar-refractivity contribution is 0.233. The van der Waals surface area contributed by atoms with Crippen molar-refractivity contribution in [2.45, 2.75) is 38.9 Å². The fourth-order valence-corrected chi connectivity index (χ4v) is 3.49. The summed E-state index contributed by atoms with van der Waals surface area (Å²) in [4.78, 5) is 16.0. The van der Waals surface area contributed by atoms with E-state index in [1.807, 2.05) is 48.9 Å². The highest BCUT2D eigenvalue weighted by Crippen LogP contribution is 2.32. The number of aryl methyl sites for hydroxylation is 1. The van der Waals surface area contributed by atoms with Crippen LogP contribution in [0.1, 0.15) is 37.3 Å². The number of hydrogen-bond acceptors (Lipinski definition) is 5. The lowest BCUT2D eigenvalue weighted by atomic mass is 10.1. The van der Waals surface area contributed by atoms with Gasteiger partial charge in [0, 0.05) is 18.9 Å². The number of benzene rings is 1. The fraction of sp³-hybridized carbons (Fsp3) is 0.350. The molecular formula is C20H23N5O. The number of ether oxygens (including phenoxy) is 1. The summed E-state index contributed by atoms with van der Waals surface area (Å²) < 4.78 is 8.04. The monoisotopic (exact) mass is 349 g/mol. The second-order valence-corrected chi connectivity index (χ2v) is 6.46. The van der Waals surface area contributed by atoms with Crippen LogP contribution in [0.2, 0.25) is 0 Å². The average Bonchev–Trinajstić information content (AvgIpc) is 3.32. The standard InChI is InChI=1S/C20H23N5O/c1-2-24-12-10-22-19(24)15-25-11-6-9-18(25)17-13-21-14-20(23-17)26-16-7-4-3-5-8-16/h3-5,7-8,10,12-14,18H,2,6,9,11,15H2,1H3/t18-/m1/s1. The number of likely N-dealkylation sites (tertiary alicyclic amines) is 1. The molecule has 1 fully saturated rings. The van der Waals surface area contributed by atoms with Crippen LogP contribution in [-0.2, 0) is 13.1 Å². The van der Waals surface area contributed by atoms with Crippen molar-refractivity contribution in [3.63, 3.8) is 0 Å². The highest BCUT2D eigenvalue weighted by molar-refractivity contribution is 5.26. The molecular weight excluding hydrogens is 326 g/mol. The first-order valence-electron chi connectivity index (χ1n) is 9.12. The van der Waals surface area contributed by atoms with Gasteiger partial charge in [0.25, 0.3) is 0 Å². The summed E-state index contributed by atoms with van der Waals surface area (Å²) in [5, 5.41) is 0. The van der Waals surface area contributed by atoms with Gasteiger partial charge in [-0.25, -0.2) is 9.97 Å². The van der Waals surface area contributed by atoms with Crippen molar-refractivity contribution < 1.29 is 4.74 Å². The van der Waals surface area contributed by atoms with Gasteiger partial charge in [-0.1, -0.05) is 18.2 Å². The fourth-order valence-electron chi connectivity index (χ4n) is 3.49. The average molecular weight is 349 g/mol. The molecule has 3 aromatic rings. The van der Waals surface area contributed by atoms with Crippen molar-refractivity contribution in [1.82, 2.24) is 24.4 Å². The van der Waals surface area contributed by atoms with Crippen molar-refractivity contribution in [3.8, 4) is 11.6 Å². The van der Waals surface area contributed by atoms with Gasteiger partial charge in [-0.3, -0.25) is 9.88 Å². The molecule has 0 unspecified atom stereocenters. The molecule has 0 aliphatic carbocycles. The summed E-state index contributed by atoms with van der Waals surface area (Å²) >= 11 is 0. The van der Waals surface area contributed by atoms with Crippen LogP contribution in [0.25, 0.3) is 0 Å². The van der Waals surface area contributed by atoms with Crippen molar-refractivity contribution in [2.75, 3.05) is 6.54 Å². The molecule has 0 amide bonds. The Bertz CT molecular complexity index is 848. The van der Waals surface area contributed by atoms with Gasteiger partial charge in [-0.2, -0.15) is 0 Å². The second-order valence-electron chi connectivity index (χ2n) is 6.46. The minimum Gasteiger partial charge on any atom is -0.437 e. The van der Waals surface area contributed by atoms with E-state index in [1.54, 1.807) is 6.20 Å². The van der Waals surface area contributed by atoms with E-state index in [4.69, 9.17) is 9.72 Å². The largest absolute Gasteiger partial charge is 0.437 e. The highest BCUT2D eigenvalue weighted by atomic mass is 16.5. The van der Waals surface area contributed by atoms with E-state index in [1.165, 1.54) is 0 Å². The molecule has 1 aliphatic rings. The van der Waals surface area contributed by atoms with Gasteiger partial charge in [-0.05, 0) is 38.4 Å². The third-order valence-electron chi connectivity index (χ3n) is 4.79. The third-order valence-corrected chi connectivity index (χ3v) is 4.79. The van der Waals surface area contributed by atoms with Gasteiger partial charge in [0.15, 0.2) is 0 Å². The first-order valence-corrected chi connectivity index (χ1v) is 9.12. The molecule has 26 heavy (non-hydrogen) atoms. The molecule has 1 saturated heterocycles. The summed E-state index contributed by atoms with van der Waals surface area (Å²) in [7, 11) is 0. The van der Waals surface area contributed by atoms with Gasteiger partial charge >= 0.3 is 0 Å². The van der Waals surface area contributed by atoms with Crippen molar-refractivity contribution in [3.05, 3.63) is 66.6 Å². The summed E-state index contributed by atoms with van der Waals surface area (Å²) in [5.41, 5.74) is 0.963. The van der Waals surface area contributed by atoms with E-state index in [0.717, 1.165) is 49.7 Å². The Morgan fingerprint density at radius 1 is 1.19 bits per heavy atom. The van der Waals surface area contributed by atoms with Gasteiger partial charge in [-0.15, -0.1) is 0 Å². The molecule has 3 heterocycles. The first kappa shape index (κ1) is 16.7. The molecule has 0 radical (unpaired) electrons. The Morgan fingerprint density at radius 2 is 2.08 bits per heavy atom. The Morgan fingerprint density at radius 3 is 2.92 bits per heavy atom. The minimum atomic E-state index is 0.254. The van der Waals surface area contributed by atoms with E-state index in [2.05, 4.69) is 26.4 Å². The number of imidazole rings is 1. The molecule has 6 heteroatoms. The van der Waals surface area contributed by atoms with Crippen LogP contribution in [0.5, 0.6) is 11.6 Å². The lowest BCUT2D eigenvalue weighted by Gasteiger charge is -2.24. The molecule has 0 saturated carbocycles. The molecule has 0 spiro atoms. The molecule has 0 bridgehead atoms. The maximum Gasteiger partial charge on any atom is 0.238 e. The normalized spacial score (nSPS) is 17.5. The lowest BCUT2D eigenvalue weighted by Crippen LogP contribution is -2.25. The predicted molar refractivity (Wildman–Crippen MR) is 98.8 cm³/mol. The Balaban J connectivity index is 1.51. The minimum absolute atomic E-state index is 0.254. The van der Waals surface area contributed by atoms with Crippen LogP contribution in [0.3, 0.4) is 0 Å². The summed E-state index contributed by atoms with van der Waals surface area (Å²) in [5.74, 6) is 2.41. The number of para-hydroxylation sites is 1. The van der Waals surface area contributed by atoms with E-state index in [0.29, 0.717) is 5.88 Å². The van der Waals surface area contributed by atoms with E-state index in [9.17, 15) is 0 Å². The van der Waals surface area contributed by atoms with Gasteiger partial charge in [0.1, 0.15) is 11.6 Å². The molecule has 2 aromatic heterocycles. The molecule has 134 valence electrons. The van der Waals surface area contributed by atoms with Crippen LogP contribution >= 0.6 is 0 Å². The predicted octanol–water partition coefficient (Wildman–Crippen LogP) is 3.82. The highest BCUT2D eigenvalue weighted by Gasteiger charge is 2.28. The molecule has 4 rings (SSSR count). The maximum atomic E-state index is 5.85. The smallest absolute Gasteiger partial charge is 0.238 e. The van der Waals surface area contributed by atoms with E-state index in [-0.39, 0.29) is 6.04 Å². The van der Waals surface area contributed by atoms with E-state index >= 15 is 0 Å². The van der Waals surface area contributed by atoms with Crippen LogP contribution in [0, 0.1) is 0 Å². The van der Waals surface area contributed by atoms with Gasteiger partial charge in [0.2, 0.25) is 5.88 Å². The molecule has 6 nitrogen and oxygen atoms in total. The number of aromatic nitrogens is 4. The van der Waals surface area contributed by atoms with Gasteiger partial charge < -0.3 is 9.30 Å². The second kappa shape index (κ2) is 7.66. The SMILES string of the molecule is CCn1ccnc1CN1CCC[C@@H]1c1cncc(Oc2ccccc2)n1. The first-order chi connectivity index (χ1) is 12.8. The molecule has 1 aromatic carbocycles. The Hall–Kier alpha value is -2.73.